The molecular weight excluding hydrogens is 624 g/mol. The molecule has 2 heterocycles. The number of nitrogens with one attached hydrogen (secondary N) is 1. The van der Waals surface area contributed by atoms with E-state index in [1.807, 2.05) is 0 Å². The lowest BCUT2D eigenvalue weighted by Crippen LogP contribution is -2.38. The molecule has 0 aliphatic heterocycles. The highest BCUT2D eigenvalue weighted by atomic mass is 28.3. The number of aliphatic hydroxyl groups is 1. The van der Waals surface area contributed by atoms with Crippen molar-refractivity contribution in [2.45, 2.75) is 95.9 Å². The van der Waals surface area contributed by atoms with Crippen molar-refractivity contribution in [2.75, 3.05) is 26.8 Å². The lowest BCUT2D eigenvalue weighted by atomic mass is 9.85. The number of nitrogens with zero attached hydrogens (tertiary/aromatic N) is 4. The number of hydrogen-bond acceptors (Lipinski definition) is 6. The van der Waals surface area contributed by atoms with Gasteiger partial charge >= 0.3 is 0 Å². The van der Waals surface area contributed by atoms with E-state index in [1.54, 1.807) is 47.7 Å². The zero-order valence-electron chi connectivity index (χ0n) is 28.0. The van der Waals surface area contributed by atoms with Crippen molar-refractivity contribution in [2.24, 2.45) is 5.92 Å². The Hall–Kier alpha value is -3.42. The zero-order chi connectivity index (χ0) is 34.1. The molecule has 2 amide bonds. The molecule has 0 spiro atoms. The molecule has 0 unspecified atom stereocenters. The van der Waals surface area contributed by atoms with Crippen LogP contribution in [0.1, 0.15) is 78.2 Å². The second-order valence-corrected chi connectivity index (χ2v) is 19.9. The van der Waals surface area contributed by atoms with Crippen LogP contribution in [-0.4, -0.2) is 71.0 Å². The number of aliphatic hydroxyl groups excluding tert-OH is 1. The minimum atomic E-state index is -2.89. The lowest BCUT2D eigenvalue weighted by Gasteiger charge is -2.31. The minimum Gasteiger partial charge on any atom is -0.395 e. The summed E-state index contributed by atoms with van der Waals surface area (Å²) in [5, 5.41) is 17.1. The van der Waals surface area contributed by atoms with E-state index >= 15 is 0 Å². The number of amides is 2. The van der Waals surface area contributed by atoms with Crippen molar-refractivity contribution in [3.63, 3.8) is 0 Å². The van der Waals surface area contributed by atoms with Gasteiger partial charge in [-0.1, -0.05) is 37.8 Å². The predicted molar refractivity (Wildman–Crippen MR) is 178 cm³/mol. The maximum absolute atomic E-state index is 14.5. The Morgan fingerprint density at radius 2 is 1.91 bits per heavy atom. The Kier molecular flexibility index (Phi) is 10.4. The normalized spacial score (nSPS) is 19.8. The Bertz CT molecular complexity index is 1680. The van der Waals surface area contributed by atoms with Crippen molar-refractivity contribution in [1.82, 2.24) is 24.6 Å². The second-order valence-electron chi connectivity index (χ2n) is 14.3. The molecule has 2 aliphatic rings. The molecule has 2 aliphatic carbocycles. The summed E-state index contributed by atoms with van der Waals surface area (Å²) in [6.07, 6.45) is 5.46. The van der Waals surface area contributed by atoms with Gasteiger partial charge in [0, 0.05) is 64.6 Å². The molecule has 2 aromatic heterocycles. The summed E-state index contributed by atoms with van der Waals surface area (Å²) in [6, 6.07) is 5.01. The lowest BCUT2D eigenvalue weighted by molar-refractivity contribution is -0.135. The van der Waals surface area contributed by atoms with E-state index < -0.39 is 25.9 Å². The van der Waals surface area contributed by atoms with E-state index in [4.69, 9.17) is 4.74 Å². The fourth-order valence-corrected chi connectivity index (χ4v) is 7.55. The monoisotopic (exact) mass is 671 g/mol. The Balaban J connectivity index is 1.43. The van der Waals surface area contributed by atoms with Gasteiger partial charge in [0.15, 0.2) is 0 Å². The standard InChI is InChI=1S/C34H47F2N5O5Si/c1-22(25-7-6-8-29-26(25)13-14-34(29,35)36)37-31(43)27-20-41(24-11-9-23(10-12-24)32(44)39(2)15-16-42)33(45)28-19-40(38-30(27)28)21-46-17-18-47(3,4)5/h6-8,19-20,22-24,42H,9-18,21H2,1-5H3,(H,37,43)/t22-,23-,24+/m0/s1. The first-order valence-electron chi connectivity index (χ1n) is 16.6. The number of carbonyl (C=O) groups is 2. The molecule has 47 heavy (non-hydrogen) atoms. The van der Waals surface area contributed by atoms with Crippen LogP contribution in [0.25, 0.3) is 10.9 Å². The molecule has 0 saturated heterocycles. The summed E-state index contributed by atoms with van der Waals surface area (Å²) >= 11 is 0. The van der Waals surface area contributed by atoms with Crippen LogP contribution in [0.15, 0.2) is 35.4 Å². The van der Waals surface area contributed by atoms with Gasteiger partial charge in [0.25, 0.3) is 17.4 Å². The highest BCUT2D eigenvalue weighted by molar-refractivity contribution is 6.76. The van der Waals surface area contributed by atoms with Gasteiger partial charge in [0.05, 0.1) is 23.6 Å². The average molecular weight is 672 g/mol. The number of pyridine rings is 1. The largest absolute Gasteiger partial charge is 0.395 e. The number of halogens is 2. The Morgan fingerprint density at radius 1 is 1.19 bits per heavy atom. The predicted octanol–water partition coefficient (Wildman–Crippen LogP) is 5.22. The number of hydrogen-bond donors (Lipinski definition) is 2. The summed E-state index contributed by atoms with van der Waals surface area (Å²) in [4.78, 5) is 42.2. The van der Waals surface area contributed by atoms with E-state index in [-0.39, 0.29) is 72.8 Å². The third-order valence-corrected chi connectivity index (χ3v) is 11.3. The number of carbonyl (C=O) groups excluding carboxylic acids is 2. The van der Waals surface area contributed by atoms with Crippen molar-refractivity contribution in [1.29, 1.82) is 0 Å². The number of benzene rings is 1. The minimum absolute atomic E-state index is 0.0107. The van der Waals surface area contributed by atoms with Gasteiger partial charge in [0.1, 0.15) is 12.2 Å². The molecule has 1 saturated carbocycles. The van der Waals surface area contributed by atoms with Crippen LogP contribution in [0.5, 0.6) is 0 Å². The number of likely N-dealkylation sites (N-methyl/N-ethyl adjacent to an activating group) is 1. The van der Waals surface area contributed by atoms with Gasteiger partial charge in [-0.15, -0.1) is 0 Å². The van der Waals surface area contributed by atoms with Crippen LogP contribution in [-0.2, 0) is 28.6 Å². The average Bonchev–Trinajstić information content (AvgIpc) is 3.59. The van der Waals surface area contributed by atoms with Crippen molar-refractivity contribution in [3.8, 4) is 0 Å². The molecule has 0 radical (unpaired) electrons. The maximum Gasteiger partial charge on any atom is 0.273 e. The first-order valence-corrected chi connectivity index (χ1v) is 20.3. The van der Waals surface area contributed by atoms with Crippen molar-refractivity contribution in [3.05, 3.63) is 63.2 Å². The van der Waals surface area contributed by atoms with E-state index in [9.17, 15) is 28.3 Å². The first kappa shape index (κ1) is 34.9. The van der Waals surface area contributed by atoms with Gasteiger partial charge in [0.2, 0.25) is 5.91 Å². The summed E-state index contributed by atoms with van der Waals surface area (Å²) in [7, 11) is 0.372. The van der Waals surface area contributed by atoms with E-state index in [0.29, 0.717) is 48.8 Å². The quantitative estimate of drug-likeness (QED) is 0.201. The highest BCUT2D eigenvalue weighted by Gasteiger charge is 2.40. The molecule has 3 aromatic rings. The van der Waals surface area contributed by atoms with Gasteiger partial charge in [-0.2, -0.15) is 5.10 Å². The van der Waals surface area contributed by atoms with Gasteiger partial charge in [-0.05, 0) is 56.2 Å². The summed E-state index contributed by atoms with van der Waals surface area (Å²) in [5.41, 5.74) is 1.42. The highest BCUT2D eigenvalue weighted by Crippen LogP contribution is 2.44. The van der Waals surface area contributed by atoms with Gasteiger partial charge in [-0.25, -0.2) is 13.5 Å². The molecule has 0 bridgehead atoms. The van der Waals surface area contributed by atoms with E-state index in [0.717, 1.165) is 6.04 Å². The fraction of sp³-hybridized carbons (Fsp3) is 0.588. The van der Waals surface area contributed by atoms with Crippen LogP contribution >= 0.6 is 0 Å². The van der Waals surface area contributed by atoms with E-state index in [2.05, 4.69) is 30.1 Å². The summed E-state index contributed by atoms with van der Waals surface area (Å²) in [5.74, 6) is -3.56. The second kappa shape index (κ2) is 14.0. The topological polar surface area (TPSA) is 119 Å². The number of fused-ring (bicyclic) bond motifs is 2. The molecule has 1 atom stereocenters. The third kappa shape index (κ3) is 7.67. The van der Waals surface area contributed by atoms with Crippen LogP contribution < -0.4 is 10.9 Å². The molecule has 13 heteroatoms. The van der Waals surface area contributed by atoms with Crippen molar-refractivity contribution >= 4 is 30.8 Å². The maximum atomic E-state index is 14.5. The SMILES string of the molecule is C[C@H](NC(=O)c1cn([C@H]2CC[C@@H](C(=O)N(C)CCO)CC2)c(=O)c2cn(COCC[Si](C)(C)C)nc12)c1cccc2c1CCC2(F)F. The third-order valence-electron chi connectivity index (χ3n) is 9.57. The van der Waals surface area contributed by atoms with Crippen LogP contribution in [0.2, 0.25) is 25.7 Å². The zero-order valence-corrected chi connectivity index (χ0v) is 29.0. The van der Waals surface area contributed by atoms with Crippen LogP contribution in [0.3, 0.4) is 0 Å². The molecular formula is C34H47F2N5O5Si. The number of ether oxygens (including phenoxy) is 1. The molecule has 1 fully saturated rings. The molecule has 2 N–H and O–H groups in total. The fourth-order valence-electron chi connectivity index (χ4n) is 6.79. The molecule has 10 nitrogen and oxygen atoms in total. The summed E-state index contributed by atoms with van der Waals surface area (Å²) < 4.78 is 38.0. The van der Waals surface area contributed by atoms with Gasteiger partial charge < -0.3 is 24.6 Å². The van der Waals surface area contributed by atoms with Crippen LogP contribution in [0.4, 0.5) is 8.78 Å². The Morgan fingerprint density at radius 3 is 2.60 bits per heavy atom. The van der Waals surface area contributed by atoms with Crippen molar-refractivity contribution < 1.29 is 28.2 Å². The number of rotatable bonds is 12. The molecule has 5 rings (SSSR count). The smallest absolute Gasteiger partial charge is 0.273 e. The number of alkyl halides is 2. The first-order chi connectivity index (χ1) is 22.2. The van der Waals surface area contributed by atoms with Gasteiger partial charge in [-0.3, -0.25) is 14.4 Å². The molecule has 1 aromatic carbocycles. The van der Waals surface area contributed by atoms with Crippen LogP contribution in [0, 0.1) is 5.92 Å². The molecule has 256 valence electrons. The summed E-state index contributed by atoms with van der Waals surface area (Å²) in [6.45, 7) is 9.43. The number of aromatic nitrogens is 3. The van der Waals surface area contributed by atoms with E-state index in [1.165, 1.54) is 11.0 Å². The Labute approximate surface area is 275 Å².